The fraction of sp³-hybridized carbons (Fsp3) is 0.900. The highest BCUT2D eigenvalue weighted by Gasteiger charge is 2.33. The Kier molecular flexibility index (Phi) is 6.48. The van der Waals surface area contributed by atoms with Crippen molar-refractivity contribution in [3.63, 3.8) is 0 Å². The van der Waals surface area contributed by atoms with Crippen LogP contribution in [0.15, 0.2) is 0 Å². The van der Waals surface area contributed by atoms with E-state index in [0.717, 1.165) is 0 Å². The molecule has 0 saturated carbocycles. The maximum Gasteiger partial charge on any atom is 0.404 e. The molecule has 7 nitrogen and oxygen atoms in total. The molecule has 0 aromatic heterocycles. The van der Waals surface area contributed by atoms with Crippen molar-refractivity contribution in [1.29, 1.82) is 0 Å². The van der Waals surface area contributed by atoms with Gasteiger partial charge in [0, 0.05) is 38.3 Å². The molecule has 0 rings (SSSR count). The molecule has 0 aliphatic carbocycles. The minimum Gasteiger partial charge on any atom is -0.465 e. The fourth-order valence-electron chi connectivity index (χ4n) is 1.62. The summed E-state index contributed by atoms with van der Waals surface area (Å²) >= 11 is 0. The van der Waals surface area contributed by atoms with Gasteiger partial charge in [0.2, 0.25) is 5.54 Å². The second-order valence-corrected chi connectivity index (χ2v) is 4.70. The average Bonchev–Trinajstić information content (AvgIpc) is 2.21. The molecule has 0 heterocycles. The third-order valence-electron chi connectivity index (χ3n) is 2.61. The van der Waals surface area contributed by atoms with Crippen LogP contribution in [0.25, 0.3) is 0 Å². The second-order valence-electron chi connectivity index (χ2n) is 4.70. The van der Waals surface area contributed by atoms with Gasteiger partial charge in [-0.15, -0.1) is 0 Å². The molecule has 7 heteroatoms. The number of aliphatic hydroxyl groups excluding tert-OH is 1. The highest BCUT2D eigenvalue weighted by atomic mass is 16.6. The van der Waals surface area contributed by atoms with Crippen molar-refractivity contribution in [1.82, 2.24) is 5.32 Å². The lowest BCUT2D eigenvalue weighted by molar-refractivity contribution is -0.563. The average molecular weight is 248 g/mol. The first-order valence-electron chi connectivity index (χ1n) is 5.51. The van der Waals surface area contributed by atoms with Gasteiger partial charge in [-0.05, 0) is 18.8 Å². The van der Waals surface area contributed by atoms with E-state index in [0.29, 0.717) is 19.4 Å². The molecule has 1 amide bonds. The molecule has 0 aliphatic heterocycles. The summed E-state index contributed by atoms with van der Waals surface area (Å²) in [7, 11) is 0. The van der Waals surface area contributed by atoms with E-state index in [2.05, 4.69) is 5.32 Å². The Morgan fingerprint density at radius 1 is 1.53 bits per heavy atom. The number of rotatable bonds is 8. The predicted molar refractivity (Wildman–Crippen MR) is 61.5 cm³/mol. The van der Waals surface area contributed by atoms with Gasteiger partial charge in [0.1, 0.15) is 0 Å². The summed E-state index contributed by atoms with van der Waals surface area (Å²) in [6, 6.07) is 0. The zero-order chi connectivity index (χ0) is 13.5. The number of hydrogen-bond acceptors (Lipinski definition) is 4. The van der Waals surface area contributed by atoms with Crippen LogP contribution in [-0.4, -0.2) is 39.9 Å². The molecule has 0 aromatic rings. The van der Waals surface area contributed by atoms with E-state index in [1.165, 1.54) is 13.8 Å². The number of nitro groups is 1. The second kappa shape index (κ2) is 7.05. The molecule has 0 bridgehead atoms. The van der Waals surface area contributed by atoms with Gasteiger partial charge >= 0.3 is 6.09 Å². The first-order chi connectivity index (χ1) is 7.79. The molecule has 3 N–H and O–H groups in total. The summed E-state index contributed by atoms with van der Waals surface area (Å²) in [4.78, 5) is 20.6. The van der Waals surface area contributed by atoms with Crippen LogP contribution in [0.4, 0.5) is 4.79 Å². The summed E-state index contributed by atoms with van der Waals surface area (Å²) in [5.74, 6) is -0.175. The highest BCUT2D eigenvalue weighted by Crippen LogP contribution is 2.22. The summed E-state index contributed by atoms with van der Waals surface area (Å²) < 4.78 is 0. The minimum absolute atomic E-state index is 0.121. The summed E-state index contributed by atoms with van der Waals surface area (Å²) in [6.07, 6.45) is 0.319. The molecular weight excluding hydrogens is 228 g/mol. The van der Waals surface area contributed by atoms with Gasteiger partial charge < -0.3 is 15.5 Å². The molecule has 0 radical (unpaired) electrons. The van der Waals surface area contributed by atoms with Gasteiger partial charge in [-0.3, -0.25) is 10.1 Å². The lowest BCUT2D eigenvalue weighted by Crippen LogP contribution is -2.34. The number of nitrogens with one attached hydrogen (secondary N) is 1. The van der Waals surface area contributed by atoms with E-state index in [1.807, 2.05) is 0 Å². The first-order valence-corrected chi connectivity index (χ1v) is 5.51. The highest BCUT2D eigenvalue weighted by molar-refractivity contribution is 5.64. The van der Waals surface area contributed by atoms with Crippen LogP contribution in [0.3, 0.4) is 0 Å². The molecule has 1 unspecified atom stereocenters. The van der Waals surface area contributed by atoms with Crippen LogP contribution in [-0.2, 0) is 0 Å². The summed E-state index contributed by atoms with van der Waals surface area (Å²) in [6.45, 7) is 3.21. The number of carboxylic acid groups (broad SMARTS) is 1. The van der Waals surface area contributed by atoms with Gasteiger partial charge in [-0.25, -0.2) is 4.79 Å². The van der Waals surface area contributed by atoms with Gasteiger partial charge in [-0.1, -0.05) is 0 Å². The Bertz CT molecular complexity index is 267. The van der Waals surface area contributed by atoms with Gasteiger partial charge in [-0.2, -0.15) is 0 Å². The molecule has 0 fully saturated rings. The SMILES string of the molecule is CC(C)(CC(CO)CCCNC(=O)O)[N+](=O)[O-]. The van der Waals surface area contributed by atoms with Crippen molar-refractivity contribution in [3.8, 4) is 0 Å². The summed E-state index contributed by atoms with van der Waals surface area (Å²) in [5, 5.41) is 30.4. The molecule has 17 heavy (non-hydrogen) atoms. The third kappa shape index (κ3) is 6.72. The lowest BCUT2D eigenvalue weighted by Gasteiger charge is -2.21. The Morgan fingerprint density at radius 2 is 2.12 bits per heavy atom. The van der Waals surface area contributed by atoms with Crippen LogP contribution >= 0.6 is 0 Å². The van der Waals surface area contributed by atoms with Crippen molar-refractivity contribution in [3.05, 3.63) is 10.1 Å². The monoisotopic (exact) mass is 248 g/mol. The van der Waals surface area contributed by atoms with E-state index in [9.17, 15) is 14.9 Å². The molecule has 0 aromatic carbocycles. The Morgan fingerprint density at radius 3 is 2.53 bits per heavy atom. The lowest BCUT2D eigenvalue weighted by atomic mass is 9.88. The van der Waals surface area contributed by atoms with E-state index in [-0.39, 0.29) is 23.9 Å². The minimum atomic E-state index is -1.09. The smallest absolute Gasteiger partial charge is 0.404 e. The molecule has 0 saturated heterocycles. The first kappa shape index (κ1) is 15.6. The van der Waals surface area contributed by atoms with E-state index < -0.39 is 11.6 Å². The maximum absolute atomic E-state index is 10.7. The van der Waals surface area contributed by atoms with Crippen molar-refractivity contribution >= 4 is 6.09 Å². The van der Waals surface area contributed by atoms with Crippen molar-refractivity contribution in [2.45, 2.75) is 38.6 Å². The van der Waals surface area contributed by atoms with Gasteiger partial charge in [0.15, 0.2) is 0 Å². The van der Waals surface area contributed by atoms with E-state index >= 15 is 0 Å². The zero-order valence-corrected chi connectivity index (χ0v) is 10.2. The topological polar surface area (TPSA) is 113 Å². The quantitative estimate of drug-likeness (QED) is 0.338. The normalized spacial score (nSPS) is 13.1. The molecule has 0 aliphatic rings. The van der Waals surface area contributed by atoms with Crippen LogP contribution in [0.1, 0.15) is 33.1 Å². The van der Waals surface area contributed by atoms with Gasteiger partial charge in [0.25, 0.3) is 0 Å². The zero-order valence-electron chi connectivity index (χ0n) is 10.2. The Labute approximate surface area is 100.0 Å². The standard InChI is InChI=1S/C10H20N2O5/c1-10(2,12(16)17)6-8(7-13)4-3-5-11-9(14)15/h8,11,13H,3-7H2,1-2H3,(H,14,15). The van der Waals surface area contributed by atoms with Crippen molar-refractivity contribution in [2.24, 2.45) is 5.92 Å². The molecular formula is C10H20N2O5. The molecule has 100 valence electrons. The number of nitrogens with zero attached hydrogens (tertiary/aromatic N) is 1. The largest absolute Gasteiger partial charge is 0.465 e. The number of hydrogen-bond donors (Lipinski definition) is 3. The molecule has 0 spiro atoms. The van der Waals surface area contributed by atoms with E-state index in [4.69, 9.17) is 10.2 Å². The maximum atomic E-state index is 10.7. The number of carbonyl (C=O) groups is 1. The Balaban J connectivity index is 4.00. The van der Waals surface area contributed by atoms with Gasteiger partial charge in [0.05, 0.1) is 0 Å². The Hall–Kier alpha value is -1.37. The van der Waals surface area contributed by atoms with Crippen LogP contribution < -0.4 is 5.32 Å². The van der Waals surface area contributed by atoms with Crippen molar-refractivity contribution in [2.75, 3.05) is 13.2 Å². The van der Waals surface area contributed by atoms with Crippen LogP contribution in [0.2, 0.25) is 0 Å². The fourth-order valence-corrected chi connectivity index (χ4v) is 1.62. The van der Waals surface area contributed by atoms with Crippen molar-refractivity contribution < 1.29 is 19.9 Å². The summed E-state index contributed by atoms with van der Waals surface area (Å²) in [5.41, 5.74) is -1.06. The van der Waals surface area contributed by atoms with E-state index in [1.54, 1.807) is 0 Å². The van der Waals surface area contributed by atoms with Crippen LogP contribution in [0, 0.1) is 16.0 Å². The molecule has 1 atom stereocenters. The third-order valence-corrected chi connectivity index (χ3v) is 2.61. The predicted octanol–water partition coefficient (Wildman–Crippen LogP) is 1.09. The number of aliphatic hydroxyl groups is 1. The van der Waals surface area contributed by atoms with Crippen LogP contribution in [0.5, 0.6) is 0 Å². The number of amides is 1.